The highest BCUT2D eigenvalue weighted by Gasteiger charge is 2.09. The first-order chi connectivity index (χ1) is 7.68. The van der Waals surface area contributed by atoms with Crippen LogP contribution in [0.5, 0.6) is 0 Å². The number of hydrogen-bond acceptors (Lipinski definition) is 3. The number of nitrogens with zero attached hydrogens (tertiary/aromatic N) is 1. The van der Waals surface area contributed by atoms with Gasteiger partial charge in [-0.3, -0.25) is 4.98 Å². The van der Waals surface area contributed by atoms with E-state index in [1.807, 2.05) is 29.9 Å². The molecule has 16 heavy (non-hydrogen) atoms. The van der Waals surface area contributed by atoms with Crippen LogP contribution in [-0.4, -0.2) is 4.98 Å². The van der Waals surface area contributed by atoms with Gasteiger partial charge in [0.25, 0.3) is 0 Å². The molecule has 1 atom stereocenters. The molecule has 5 heteroatoms. The molecule has 1 aromatic heterocycles. The third-order valence-electron chi connectivity index (χ3n) is 2.20. The highest BCUT2D eigenvalue weighted by atomic mass is 79.9. The Morgan fingerprint density at radius 3 is 3.00 bits per heavy atom. The Morgan fingerprint density at radius 2 is 2.31 bits per heavy atom. The molecule has 0 spiro atoms. The second kappa shape index (κ2) is 5.17. The molecule has 0 aliphatic carbocycles. The fourth-order valence-electron chi connectivity index (χ4n) is 1.36. The van der Waals surface area contributed by atoms with Gasteiger partial charge >= 0.3 is 0 Å². The Bertz CT molecular complexity index is 473. The number of aromatic nitrogens is 1. The zero-order valence-corrected chi connectivity index (χ0v) is 11.7. The summed E-state index contributed by atoms with van der Waals surface area (Å²) in [5.74, 6) is 0. The number of thiazole rings is 1. The number of benzene rings is 1. The zero-order chi connectivity index (χ0) is 11.5. The van der Waals surface area contributed by atoms with E-state index in [1.165, 1.54) is 4.88 Å². The average Bonchev–Trinajstić information content (AvgIpc) is 2.78. The van der Waals surface area contributed by atoms with Crippen LogP contribution in [0.2, 0.25) is 5.02 Å². The molecule has 0 saturated heterocycles. The predicted molar refractivity (Wildman–Crippen MR) is 73.3 cm³/mol. The first-order valence-electron chi connectivity index (χ1n) is 4.77. The van der Waals surface area contributed by atoms with Crippen LogP contribution in [0.1, 0.15) is 17.8 Å². The maximum absolute atomic E-state index is 6.03. The Kier molecular flexibility index (Phi) is 3.84. The number of nitrogens with one attached hydrogen (secondary N) is 1. The summed E-state index contributed by atoms with van der Waals surface area (Å²) in [6.45, 7) is 2.10. The molecule has 0 fully saturated rings. The van der Waals surface area contributed by atoms with Crippen LogP contribution in [-0.2, 0) is 0 Å². The molecule has 0 radical (unpaired) electrons. The lowest BCUT2D eigenvalue weighted by atomic mass is 10.2. The summed E-state index contributed by atoms with van der Waals surface area (Å²) in [5.41, 5.74) is 2.83. The Balaban J connectivity index is 2.18. The van der Waals surface area contributed by atoms with Gasteiger partial charge in [0, 0.05) is 11.1 Å². The summed E-state index contributed by atoms with van der Waals surface area (Å²) < 4.78 is 0.896. The van der Waals surface area contributed by atoms with Gasteiger partial charge in [-0.05, 0) is 35.0 Å². The second-order valence-electron chi connectivity index (χ2n) is 3.37. The van der Waals surface area contributed by atoms with Crippen LogP contribution >= 0.6 is 38.9 Å². The van der Waals surface area contributed by atoms with Crippen molar-refractivity contribution in [2.24, 2.45) is 0 Å². The molecule has 1 aromatic carbocycles. The molecule has 0 aliphatic heterocycles. The van der Waals surface area contributed by atoms with E-state index in [0.29, 0.717) is 5.02 Å². The molecule has 1 heterocycles. The van der Waals surface area contributed by atoms with Crippen LogP contribution in [0.4, 0.5) is 5.69 Å². The summed E-state index contributed by atoms with van der Waals surface area (Å²) >= 11 is 11.1. The van der Waals surface area contributed by atoms with Crippen molar-refractivity contribution < 1.29 is 0 Å². The maximum Gasteiger partial charge on any atom is 0.0795 e. The summed E-state index contributed by atoms with van der Waals surface area (Å²) in [5, 5.41) is 4.10. The zero-order valence-electron chi connectivity index (χ0n) is 8.58. The molecule has 84 valence electrons. The largest absolute Gasteiger partial charge is 0.377 e. The van der Waals surface area contributed by atoms with Crippen molar-refractivity contribution in [2.75, 3.05) is 5.32 Å². The molecule has 0 amide bonds. The van der Waals surface area contributed by atoms with Gasteiger partial charge < -0.3 is 5.32 Å². The predicted octanol–water partition coefficient (Wildman–Crippen LogP) is 4.73. The molecule has 1 N–H and O–H groups in total. The van der Waals surface area contributed by atoms with E-state index in [2.05, 4.69) is 33.2 Å². The highest BCUT2D eigenvalue weighted by molar-refractivity contribution is 9.10. The Labute approximate surface area is 112 Å². The highest BCUT2D eigenvalue weighted by Crippen LogP contribution is 2.32. The molecular formula is C11H10BrClN2S. The summed E-state index contributed by atoms with van der Waals surface area (Å²) in [6.07, 6.45) is 1.88. The van der Waals surface area contributed by atoms with E-state index < -0.39 is 0 Å². The van der Waals surface area contributed by atoms with Crippen LogP contribution in [0.15, 0.2) is 34.4 Å². The maximum atomic E-state index is 6.03. The van der Waals surface area contributed by atoms with E-state index in [0.717, 1.165) is 10.2 Å². The first-order valence-corrected chi connectivity index (χ1v) is 6.82. The SMILES string of the molecule is CC(Nc1cccc(Cl)c1Br)c1cncs1. The monoisotopic (exact) mass is 316 g/mol. The number of anilines is 1. The quantitative estimate of drug-likeness (QED) is 0.885. The topological polar surface area (TPSA) is 24.9 Å². The lowest BCUT2D eigenvalue weighted by Crippen LogP contribution is -2.05. The van der Waals surface area contributed by atoms with Gasteiger partial charge in [0.15, 0.2) is 0 Å². The van der Waals surface area contributed by atoms with Gasteiger partial charge in [-0.25, -0.2) is 0 Å². The van der Waals surface area contributed by atoms with Crippen molar-refractivity contribution in [3.63, 3.8) is 0 Å². The van der Waals surface area contributed by atoms with Crippen LogP contribution in [0.3, 0.4) is 0 Å². The Morgan fingerprint density at radius 1 is 1.50 bits per heavy atom. The fourth-order valence-corrected chi connectivity index (χ4v) is 2.54. The third-order valence-corrected chi connectivity index (χ3v) is 4.56. The van der Waals surface area contributed by atoms with Gasteiger partial charge in [0.05, 0.1) is 26.7 Å². The molecule has 0 saturated carbocycles. The van der Waals surface area contributed by atoms with E-state index in [1.54, 1.807) is 11.3 Å². The first kappa shape index (κ1) is 11.9. The minimum Gasteiger partial charge on any atom is -0.377 e. The van der Waals surface area contributed by atoms with Crippen molar-refractivity contribution in [2.45, 2.75) is 13.0 Å². The summed E-state index contributed by atoms with van der Waals surface area (Å²) in [6, 6.07) is 6.00. The van der Waals surface area contributed by atoms with Crippen molar-refractivity contribution in [1.29, 1.82) is 0 Å². The van der Waals surface area contributed by atoms with Crippen molar-refractivity contribution in [1.82, 2.24) is 4.98 Å². The fraction of sp³-hybridized carbons (Fsp3) is 0.182. The van der Waals surface area contributed by atoms with Gasteiger partial charge in [0.1, 0.15) is 0 Å². The van der Waals surface area contributed by atoms with Crippen molar-refractivity contribution in [3.05, 3.63) is 44.3 Å². The van der Waals surface area contributed by atoms with Crippen LogP contribution in [0.25, 0.3) is 0 Å². The van der Waals surface area contributed by atoms with Gasteiger partial charge in [-0.1, -0.05) is 17.7 Å². The summed E-state index contributed by atoms with van der Waals surface area (Å²) in [4.78, 5) is 5.27. The van der Waals surface area contributed by atoms with Gasteiger partial charge in [0.2, 0.25) is 0 Å². The third kappa shape index (κ3) is 2.56. The summed E-state index contributed by atoms with van der Waals surface area (Å²) in [7, 11) is 0. The van der Waals surface area contributed by atoms with Crippen LogP contribution < -0.4 is 5.32 Å². The smallest absolute Gasteiger partial charge is 0.0795 e. The molecule has 0 aliphatic rings. The number of rotatable bonds is 3. The van der Waals surface area contributed by atoms with E-state index >= 15 is 0 Å². The molecule has 0 bridgehead atoms. The lowest BCUT2D eigenvalue weighted by Gasteiger charge is -2.15. The minimum absolute atomic E-state index is 0.224. The van der Waals surface area contributed by atoms with E-state index in [9.17, 15) is 0 Å². The van der Waals surface area contributed by atoms with Crippen molar-refractivity contribution in [3.8, 4) is 0 Å². The van der Waals surface area contributed by atoms with Crippen molar-refractivity contribution >= 4 is 44.6 Å². The minimum atomic E-state index is 0.224. The van der Waals surface area contributed by atoms with Crippen LogP contribution in [0, 0.1) is 0 Å². The Hall–Kier alpha value is -0.580. The molecule has 2 aromatic rings. The standard InChI is InChI=1S/C11H10BrClN2S/c1-7(10-5-14-6-16-10)15-9-4-2-3-8(13)11(9)12/h2-7,15H,1H3. The number of halogens is 2. The molecule has 2 rings (SSSR count). The van der Waals surface area contributed by atoms with Gasteiger partial charge in [-0.2, -0.15) is 0 Å². The van der Waals surface area contributed by atoms with Gasteiger partial charge in [-0.15, -0.1) is 11.3 Å². The van der Waals surface area contributed by atoms with E-state index in [4.69, 9.17) is 11.6 Å². The molecule has 1 unspecified atom stereocenters. The second-order valence-corrected chi connectivity index (χ2v) is 5.49. The molecular weight excluding hydrogens is 308 g/mol. The average molecular weight is 318 g/mol. The normalized spacial score (nSPS) is 12.4. The lowest BCUT2D eigenvalue weighted by molar-refractivity contribution is 0.902. The number of hydrogen-bond donors (Lipinski definition) is 1. The van der Waals surface area contributed by atoms with E-state index in [-0.39, 0.29) is 6.04 Å². The molecule has 2 nitrogen and oxygen atoms in total.